The first-order chi connectivity index (χ1) is 17.7. The zero-order valence-electron chi connectivity index (χ0n) is 22.8. The van der Waals surface area contributed by atoms with Gasteiger partial charge in [-0.15, -0.1) is 0 Å². The van der Waals surface area contributed by atoms with Crippen LogP contribution in [0.5, 0.6) is 5.88 Å². The second-order valence-electron chi connectivity index (χ2n) is 12.3. The van der Waals surface area contributed by atoms with E-state index in [9.17, 15) is 0 Å². The highest BCUT2D eigenvalue weighted by Crippen LogP contribution is 2.40. The Balaban J connectivity index is 1.23. The fraction of sp³-hybridized carbons (Fsp3) is 0.533. The molecule has 2 fully saturated rings. The second kappa shape index (κ2) is 9.14. The number of benzene rings is 1. The molecule has 2 aromatic heterocycles. The average molecular weight is 502 g/mol. The summed E-state index contributed by atoms with van der Waals surface area (Å²) in [4.78, 5) is 7.31. The van der Waals surface area contributed by atoms with Crippen LogP contribution in [0.25, 0.3) is 22.3 Å². The molecule has 1 N–H and O–H groups in total. The fourth-order valence-electron chi connectivity index (χ4n) is 6.55. The smallest absolute Gasteiger partial charge is 0.223 e. The molecule has 3 aromatic rings. The maximum absolute atomic E-state index is 6.21. The first kappa shape index (κ1) is 24.4. The van der Waals surface area contributed by atoms with Crippen molar-refractivity contribution in [2.45, 2.75) is 89.8 Å². The van der Waals surface area contributed by atoms with E-state index in [1.807, 2.05) is 10.9 Å². The number of nitrogens with zero attached hydrogens (tertiary/aromatic N) is 4. The van der Waals surface area contributed by atoms with E-state index in [-0.39, 0.29) is 17.3 Å². The summed E-state index contributed by atoms with van der Waals surface area (Å²) in [5, 5.41) is 8.37. The van der Waals surface area contributed by atoms with Gasteiger partial charge in [-0.1, -0.05) is 12.1 Å². The Hall–Kier alpha value is -2.90. The summed E-state index contributed by atoms with van der Waals surface area (Å²) in [7, 11) is 2.17. The highest BCUT2D eigenvalue weighted by molar-refractivity contribution is 5.78. The summed E-state index contributed by atoms with van der Waals surface area (Å²) >= 11 is 0. The van der Waals surface area contributed by atoms with Gasteiger partial charge < -0.3 is 19.7 Å². The van der Waals surface area contributed by atoms with Crippen LogP contribution in [0, 0.1) is 0 Å². The fourth-order valence-corrected chi connectivity index (χ4v) is 6.55. The lowest BCUT2D eigenvalue weighted by Crippen LogP contribution is -2.62. The predicted octanol–water partition coefficient (Wildman–Crippen LogP) is 5.95. The molecule has 0 amide bonds. The zero-order valence-corrected chi connectivity index (χ0v) is 22.8. The van der Waals surface area contributed by atoms with Crippen molar-refractivity contribution < 1.29 is 9.47 Å². The maximum atomic E-state index is 6.21. The van der Waals surface area contributed by atoms with Gasteiger partial charge >= 0.3 is 0 Å². The Kier molecular flexibility index (Phi) is 6.03. The van der Waals surface area contributed by atoms with Gasteiger partial charge in [0.05, 0.1) is 6.20 Å². The first-order valence-electron chi connectivity index (χ1n) is 13.6. The minimum absolute atomic E-state index is 0.0516. The molecule has 7 heteroatoms. The number of anilines is 1. The molecule has 6 rings (SSSR count). The number of piperidine rings is 1. The van der Waals surface area contributed by atoms with Crippen LogP contribution in [-0.2, 0) is 11.3 Å². The summed E-state index contributed by atoms with van der Waals surface area (Å²) in [6, 6.07) is 11.3. The lowest BCUT2D eigenvalue weighted by molar-refractivity contribution is -0.0394. The van der Waals surface area contributed by atoms with Crippen LogP contribution in [0.4, 0.5) is 5.82 Å². The van der Waals surface area contributed by atoms with E-state index in [1.54, 1.807) is 0 Å². The molecule has 1 atom stereocenters. The standard InChI is InChI=1S/C30H39N5O2/c1-29(2)15-23(16-30(3,4)33-29)34(5)26-12-11-25-24-10-9-20(14-21(24)19-37-28(25)32-26)22-17-31-35(18-22)27-8-6-7-13-36-27/h9-12,14,17-18,23,27,33H,6-8,13,15-16,19H2,1-5H3. The van der Waals surface area contributed by atoms with Gasteiger partial charge in [0.15, 0.2) is 0 Å². The molecule has 0 spiro atoms. The van der Waals surface area contributed by atoms with Crippen LogP contribution >= 0.6 is 0 Å². The van der Waals surface area contributed by atoms with E-state index in [0.717, 1.165) is 60.7 Å². The molecule has 3 aliphatic heterocycles. The largest absolute Gasteiger partial charge is 0.472 e. The van der Waals surface area contributed by atoms with Gasteiger partial charge in [0.1, 0.15) is 18.7 Å². The van der Waals surface area contributed by atoms with Gasteiger partial charge in [0.25, 0.3) is 0 Å². The van der Waals surface area contributed by atoms with Gasteiger partial charge in [-0.25, -0.2) is 4.68 Å². The van der Waals surface area contributed by atoms with Crippen LogP contribution in [0.15, 0.2) is 42.7 Å². The Morgan fingerprint density at radius 1 is 1.00 bits per heavy atom. The van der Waals surface area contributed by atoms with Crippen molar-refractivity contribution in [1.82, 2.24) is 20.1 Å². The van der Waals surface area contributed by atoms with Crippen molar-refractivity contribution in [2.24, 2.45) is 0 Å². The number of ether oxygens (including phenoxy) is 2. The molecule has 37 heavy (non-hydrogen) atoms. The summed E-state index contributed by atoms with van der Waals surface area (Å²) in [6.07, 6.45) is 9.58. The monoisotopic (exact) mass is 501 g/mol. The third-order valence-corrected chi connectivity index (χ3v) is 8.07. The van der Waals surface area contributed by atoms with Crippen molar-refractivity contribution in [3.05, 3.63) is 48.3 Å². The van der Waals surface area contributed by atoms with Crippen LogP contribution in [0.2, 0.25) is 0 Å². The van der Waals surface area contributed by atoms with Crippen molar-refractivity contribution in [2.75, 3.05) is 18.6 Å². The van der Waals surface area contributed by atoms with E-state index >= 15 is 0 Å². The highest BCUT2D eigenvalue weighted by atomic mass is 16.5. The van der Waals surface area contributed by atoms with E-state index in [2.05, 4.69) is 86.6 Å². The summed E-state index contributed by atoms with van der Waals surface area (Å²) in [5.41, 5.74) is 5.85. The molecular formula is C30H39N5O2. The van der Waals surface area contributed by atoms with Gasteiger partial charge in [0, 0.05) is 48.1 Å². The zero-order chi connectivity index (χ0) is 25.8. The molecule has 5 heterocycles. The van der Waals surface area contributed by atoms with Gasteiger partial charge in [-0.3, -0.25) is 0 Å². The molecule has 2 saturated heterocycles. The third-order valence-electron chi connectivity index (χ3n) is 8.07. The van der Waals surface area contributed by atoms with E-state index in [4.69, 9.17) is 14.5 Å². The Morgan fingerprint density at radius 3 is 2.54 bits per heavy atom. The lowest BCUT2D eigenvalue weighted by atomic mass is 9.79. The number of fused-ring (bicyclic) bond motifs is 3. The number of rotatable bonds is 4. The van der Waals surface area contributed by atoms with Crippen LogP contribution < -0.4 is 15.0 Å². The number of nitrogens with one attached hydrogen (secondary N) is 1. The SMILES string of the molecule is CN(c1ccc2c(n1)OCc1cc(-c3cnn(C4CCCCO4)c3)ccc1-2)C1CC(C)(C)NC(C)(C)C1. The highest BCUT2D eigenvalue weighted by Gasteiger charge is 2.39. The first-order valence-corrected chi connectivity index (χ1v) is 13.6. The number of hydrogen-bond acceptors (Lipinski definition) is 6. The molecule has 0 bridgehead atoms. The summed E-state index contributed by atoms with van der Waals surface area (Å²) in [5.74, 6) is 1.69. The van der Waals surface area contributed by atoms with E-state index in [1.165, 1.54) is 17.5 Å². The van der Waals surface area contributed by atoms with E-state index in [0.29, 0.717) is 12.6 Å². The van der Waals surface area contributed by atoms with Gasteiger partial charge in [0.2, 0.25) is 5.88 Å². The molecule has 0 saturated carbocycles. The Bertz CT molecular complexity index is 1270. The minimum atomic E-state index is 0.0516. The lowest BCUT2D eigenvalue weighted by Gasteiger charge is -2.49. The van der Waals surface area contributed by atoms with E-state index < -0.39 is 0 Å². The molecule has 0 aliphatic carbocycles. The molecule has 1 aromatic carbocycles. The summed E-state index contributed by atoms with van der Waals surface area (Å²) in [6.45, 7) is 10.5. The molecule has 7 nitrogen and oxygen atoms in total. The second-order valence-corrected chi connectivity index (χ2v) is 12.3. The Morgan fingerprint density at radius 2 is 1.78 bits per heavy atom. The van der Waals surface area contributed by atoms with Crippen LogP contribution in [0.3, 0.4) is 0 Å². The predicted molar refractivity (Wildman–Crippen MR) is 147 cm³/mol. The van der Waals surface area contributed by atoms with Gasteiger partial charge in [-0.2, -0.15) is 10.1 Å². The third kappa shape index (κ3) is 4.87. The van der Waals surface area contributed by atoms with Gasteiger partial charge in [-0.05, 0) is 94.7 Å². The van der Waals surface area contributed by atoms with Crippen molar-refractivity contribution >= 4 is 5.82 Å². The molecule has 0 radical (unpaired) electrons. The number of pyridine rings is 1. The normalized spacial score (nSPS) is 22.6. The Labute approximate surface area is 220 Å². The summed E-state index contributed by atoms with van der Waals surface area (Å²) < 4.78 is 14.1. The number of hydrogen-bond donors (Lipinski definition) is 1. The minimum Gasteiger partial charge on any atom is -0.472 e. The topological polar surface area (TPSA) is 64.4 Å². The molecule has 1 unspecified atom stereocenters. The van der Waals surface area contributed by atoms with Crippen LogP contribution in [0.1, 0.15) is 71.6 Å². The quantitative estimate of drug-likeness (QED) is 0.477. The van der Waals surface area contributed by atoms with Crippen molar-refractivity contribution in [1.29, 1.82) is 0 Å². The average Bonchev–Trinajstić information content (AvgIpc) is 3.37. The molecular weight excluding hydrogens is 462 g/mol. The maximum Gasteiger partial charge on any atom is 0.223 e. The molecule has 196 valence electrons. The van der Waals surface area contributed by atoms with Crippen molar-refractivity contribution in [3.8, 4) is 28.1 Å². The molecule has 3 aliphatic rings. The van der Waals surface area contributed by atoms with Crippen LogP contribution in [-0.4, -0.2) is 45.5 Å². The number of aromatic nitrogens is 3. The van der Waals surface area contributed by atoms with Crippen molar-refractivity contribution in [3.63, 3.8) is 0 Å².